The summed E-state index contributed by atoms with van der Waals surface area (Å²) in [6.07, 6.45) is 3.60. The molecule has 96 valence electrons. The predicted octanol–water partition coefficient (Wildman–Crippen LogP) is 2.27. The molecule has 1 saturated heterocycles. The van der Waals surface area contributed by atoms with E-state index in [-0.39, 0.29) is 0 Å². The molecule has 0 radical (unpaired) electrons. The lowest BCUT2D eigenvalue weighted by atomic mass is 9.98. The zero-order valence-corrected chi connectivity index (χ0v) is 11.0. The topological polar surface area (TPSA) is 28.4 Å². The normalized spacial score (nSPS) is 17.8. The maximum Gasteiger partial charge on any atom is 0.118 e. The minimum absolute atomic E-state index is 0.849. The number of piperidine rings is 1. The third kappa shape index (κ3) is 3.86. The first-order valence-electron chi connectivity index (χ1n) is 6.74. The lowest BCUT2D eigenvalue weighted by molar-refractivity contribution is 0.220. The van der Waals surface area contributed by atoms with Gasteiger partial charge in [-0.05, 0) is 51.0 Å². The second kappa shape index (κ2) is 6.22. The molecule has 0 atom stereocenters. The van der Waals surface area contributed by atoms with Crippen molar-refractivity contribution >= 4 is 0 Å². The fraction of sp³-hybridized carbons (Fsp3) is 0.714. The summed E-state index contributed by atoms with van der Waals surface area (Å²) in [5.41, 5.74) is 0. The quantitative estimate of drug-likeness (QED) is 0.850. The van der Waals surface area contributed by atoms with E-state index in [1.807, 2.05) is 0 Å². The number of aryl methyl sites for hydroxylation is 1. The van der Waals surface area contributed by atoms with Gasteiger partial charge in [0.1, 0.15) is 11.5 Å². The predicted molar refractivity (Wildman–Crippen MR) is 70.0 cm³/mol. The highest BCUT2D eigenvalue weighted by Gasteiger charge is 2.15. The molecule has 0 bridgehead atoms. The fourth-order valence-corrected chi connectivity index (χ4v) is 2.53. The molecule has 0 amide bonds. The van der Waals surface area contributed by atoms with E-state index in [4.69, 9.17) is 4.42 Å². The molecule has 1 aromatic rings. The maximum absolute atomic E-state index is 5.74. The van der Waals surface area contributed by atoms with Crippen LogP contribution in [0.4, 0.5) is 0 Å². The molecule has 0 saturated carbocycles. The summed E-state index contributed by atoms with van der Waals surface area (Å²) in [7, 11) is 2.19. The largest absolute Gasteiger partial charge is 0.465 e. The fourth-order valence-electron chi connectivity index (χ4n) is 2.53. The van der Waals surface area contributed by atoms with Crippen LogP contribution in [-0.4, -0.2) is 31.6 Å². The van der Waals surface area contributed by atoms with Crippen molar-refractivity contribution in [3.63, 3.8) is 0 Å². The van der Waals surface area contributed by atoms with Crippen molar-refractivity contribution in [2.45, 2.75) is 32.7 Å². The van der Waals surface area contributed by atoms with E-state index in [0.29, 0.717) is 0 Å². The highest BCUT2D eigenvalue weighted by Crippen LogP contribution is 2.15. The Morgan fingerprint density at radius 3 is 2.65 bits per heavy atom. The molecular formula is C14H24N2O. The lowest BCUT2D eigenvalue weighted by Gasteiger charge is -2.27. The van der Waals surface area contributed by atoms with Gasteiger partial charge in [-0.3, -0.25) is 4.90 Å². The zero-order chi connectivity index (χ0) is 12.1. The molecule has 2 rings (SSSR count). The van der Waals surface area contributed by atoms with Crippen LogP contribution in [0.15, 0.2) is 16.5 Å². The molecule has 2 heterocycles. The van der Waals surface area contributed by atoms with Crippen LogP contribution in [0.3, 0.4) is 0 Å². The number of nitrogens with zero attached hydrogens (tertiary/aromatic N) is 1. The second-order valence-corrected chi connectivity index (χ2v) is 5.11. The Hall–Kier alpha value is -0.800. The molecule has 0 aliphatic carbocycles. The monoisotopic (exact) mass is 236 g/mol. The number of nitrogens with one attached hydrogen (secondary N) is 1. The van der Waals surface area contributed by atoms with Gasteiger partial charge < -0.3 is 9.73 Å². The van der Waals surface area contributed by atoms with Gasteiger partial charge in [-0.25, -0.2) is 0 Å². The number of furan rings is 1. The Bertz CT molecular complexity index is 329. The first-order valence-corrected chi connectivity index (χ1v) is 6.74. The van der Waals surface area contributed by atoms with Crippen molar-refractivity contribution in [2.75, 3.05) is 26.7 Å². The van der Waals surface area contributed by atoms with Crippen molar-refractivity contribution in [2.24, 2.45) is 5.92 Å². The highest BCUT2D eigenvalue weighted by atomic mass is 16.3. The van der Waals surface area contributed by atoms with E-state index in [9.17, 15) is 0 Å². The van der Waals surface area contributed by atoms with E-state index in [1.54, 1.807) is 0 Å². The minimum atomic E-state index is 0.849. The van der Waals surface area contributed by atoms with Crippen LogP contribution in [0.2, 0.25) is 0 Å². The van der Waals surface area contributed by atoms with E-state index in [1.165, 1.54) is 32.5 Å². The summed E-state index contributed by atoms with van der Waals surface area (Å²) in [4.78, 5) is 2.38. The molecule has 0 unspecified atom stereocenters. The summed E-state index contributed by atoms with van der Waals surface area (Å²) in [5.74, 6) is 3.04. The zero-order valence-electron chi connectivity index (χ0n) is 11.0. The first kappa shape index (κ1) is 12.7. The summed E-state index contributed by atoms with van der Waals surface area (Å²) in [6.45, 7) is 6.60. The third-order valence-electron chi connectivity index (χ3n) is 3.52. The van der Waals surface area contributed by atoms with Crippen molar-refractivity contribution in [3.05, 3.63) is 23.7 Å². The Morgan fingerprint density at radius 2 is 2.00 bits per heavy atom. The molecule has 3 heteroatoms. The van der Waals surface area contributed by atoms with Crippen LogP contribution in [0, 0.1) is 5.92 Å². The second-order valence-electron chi connectivity index (χ2n) is 5.11. The SMILES string of the molecule is CCc1ccc(CN(C)CC2CCNCC2)o1. The van der Waals surface area contributed by atoms with Crippen LogP contribution in [0.25, 0.3) is 0 Å². The van der Waals surface area contributed by atoms with Gasteiger partial charge in [0.25, 0.3) is 0 Å². The van der Waals surface area contributed by atoms with Crippen molar-refractivity contribution < 1.29 is 4.42 Å². The van der Waals surface area contributed by atoms with Gasteiger partial charge in [-0.15, -0.1) is 0 Å². The van der Waals surface area contributed by atoms with Gasteiger partial charge in [0, 0.05) is 13.0 Å². The Labute approximate surface area is 104 Å². The molecule has 1 N–H and O–H groups in total. The van der Waals surface area contributed by atoms with Crippen molar-refractivity contribution in [1.82, 2.24) is 10.2 Å². The smallest absolute Gasteiger partial charge is 0.118 e. The van der Waals surface area contributed by atoms with Crippen LogP contribution in [0.1, 0.15) is 31.3 Å². The van der Waals surface area contributed by atoms with Crippen LogP contribution in [0.5, 0.6) is 0 Å². The molecular weight excluding hydrogens is 212 g/mol. The molecule has 1 aliphatic rings. The minimum Gasteiger partial charge on any atom is -0.465 e. The Morgan fingerprint density at radius 1 is 1.29 bits per heavy atom. The van der Waals surface area contributed by atoms with Crippen LogP contribution >= 0.6 is 0 Å². The summed E-state index contributed by atoms with van der Waals surface area (Å²) < 4.78 is 5.74. The maximum atomic E-state index is 5.74. The van der Waals surface area contributed by atoms with Gasteiger partial charge in [-0.1, -0.05) is 6.92 Å². The average molecular weight is 236 g/mol. The summed E-state index contributed by atoms with van der Waals surface area (Å²) in [5, 5.41) is 3.41. The molecule has 1 aliphatic heterocycles. The van der Waals surface area contributed by atoms with Crippen LogP contribution in [-0.2, 0) is 13.0 Å². The lowest BCUT2D eigenvalue weighted by Crippen LogP contribution is -2.34. The Kier molecular flexibility index (Phi) is 4.63. The molecule has 0 aromatic carbocycles. The van der Waals surface area contributed by atoms with Gasteiger partial charge >= 0.3 is 0 Å². The summed E-state index contributed by atoms with van der Waals surface area (Å²) >= 11 is 0. The van der Waals surface area contributed by atoms with Crippen molar-refractivity contribution in [1.29, 1.82) is 0 Å². The molecule has 3 nitrogen and oxygen atoms in total. The molecule has 1 aromatic heterocycles. The van der Waals surface area contributed by atoms with Gasteiger partial charge in [-0.2, -0.15) is 0 Å². The van der Waals surface area contributed by atoms with Gasteiger partial charge in [0.2, 0.25) is 0 Å². The van der Waals surface area contributed by atoms with E-state index < -0.39 is 0 Å². The highest BCUT2D eigenvalue weighted by molar-refractivity contribution is 5.06. The first-order chi connectivity index (χ1) is 8.28. The van der Waals surface area contributed by atoms with Crippen LogP contribution < -0.4 is 5.32 Å². The number of hydrogen-bond acceptors (Lipinski definition) is 3. The molecule has 17 heavy (non-hydrogen) atoms. The van der Waals surface area contributed by atoms with Gasteiger partial charge in [0.15, 0.2) is 0 Å². The average Bonchev–Trinajstić information content (AvgIpc) is 2.78. The van der Waals surface area contributed by atoms with E-state index >= 15 is 0 Å². The molecule has 0 spiro atoms. The summed E-state index contributed by atoms with van der Waals surface area (Å²) in [6, 6.07) is 4.20. The number of rotatable bonds is 5. The standard InChI is InChI=1S/C14H24N2O/c1-3-13-4-5-14(17-13)11-16(2)10-12-6-8-15-9-7-12/h4-5,12,15H,3,6-11H2,1-2H3. The molecule has 1 fully saturated rings. The Balaban J connectivity index is 1.77. The van der Waals surface area contributed by atoms with Crippen molar-refractivity contribution in [3.8, 4) is 0 Å². The third-order valence-corrected chi connectivity index (χ3v) is 3.52. The van der Waals surface area contributed by atoms with E-state index in [0.717, 1.165) is 30.4 Å². The number of hydrogen-bond donors (Lipinski definition) is 1. The van der Waals surface area contributed by atoms with E-state index in [2.05, 4.69) is 36.3 Å². The van der Waals surface area contributed by atoms with Gasteiger partial charge in [0.05, 0.1) is 6.54 Å².